The van der Waals surface area contributed by atoms with Crippen molar-refractivity contribution in [2.75, 3.05) is 26.0 Å². The summed E-state index contributed by atoms with van der Waals surface area (Å²) in [5, 5.41) is 11.8. The van der Waals surface area contributed by atoms with Crippen LogP contribution in [0.15, 0.2) is 12.4 Å². The molecule has 1 rings (SSSR count). The Morgan fingerprint density at radius 2 is 2.31 bits per heavy atom. The molecule has 0 aliphatic rings. The molecule has 1 aromatic rings. The Bertz CT molecular complexity index is 370. The van der Waals surface area contributed by atoms with Gasteiger partial charge >= 0.3 is 0 Å². The number of carbonyl (C=O) groups is 1. The van der Waals surface area contributed by atoms with Gasteiger partial charge in [0.25, 0.3) is 5.91 Å². The lowest BCUT2D eigenvalue weighted by Gasteiger charge is -2.22. The Morgan fingerprint density at radius 1 is 1.62 bits per heavy atom. The minimum absolute atomic E-state index is 0.0820. The smallest absolute Gasteiger partial charge is 0.274 e. The summed E-state index contributed by atoms with van der Waals surface area (Å²) in [6.45, 7) is 1.68. The summed E-state index contributed by atoms with van der Waals surface area (Å²) >= 11 is 0. The third-order valence-electron chi connectivity index (χ3n) is 2.36. The Balaban J connectivity index is 2.87. The Hall–Kier alpha value is -1.69. The standard InChI is InChI=1S/C10H16N4O2/c1-7(6-15)14(3)10(16)8-4-12-5-9(11-2)13-8/h4-5,7,15H,6H2,1-3H3,(H,11,13). The van der Waals surface area contributed by atoms with E-state index in [-0.39, 0.29) is 24.2 Å². The van der Waals surface area contributed by atoms with Crippen LogP contribution in [0, 0.1) is 0 Å². The number of likely N-dealkylation sites (N-methyl/N-ethyl adjacent to an activating group) is 1. The zero-order valence-corrected chi connectivity index (χ0v) is 9.64. The fraction of sp³-hybridized carbons (Fsp3) is 0.500. The van der Waals surface area contributed by atoms with Crippen molar-refractivity contribution in [1.29, 1.82) is 0 Å². The van der Waals surface area contributed by atoms with Gasteiger partial charge in [0, 0.05) is 14.1 Å². The first-order valence-corrected chi connectivity index (χ1v) is 4.98. The molecule has 0 aliphatic carbocycles. The van der Waals surface area contributed by atoms with Crippen LogP contribution in [0.3, 0.4) is 0 Å². The van der Waals surface area contributed by atoms with Crippen molar-refractivity contribution in [1.82, 2.24) is 14.9 Å². The highest BCUT2D eigenvalue weighted by Crippen LogP contribution is 2.06. The average molecular weight is 224 g/mol. The first-order valence-electron chi connectivity index (χ1n) is 4.98. The molecule has 0 saturated heterocycles. The summed E-state index contributed by atoms with van der Waals surface area (Å²) in [6, 6.07) is -0.243. The van der Waals surface area contributed by atoms with Crippen LogP contribution < -0.4 is 5.32 Å². The number of nitrogens with one attached hydrogen (secondary N) is 1. The summed E-state index contributed by atoms with van der Waals surface area (Å²) in [6.07, 6.45) is 2.94. The number of hydrogen-bond acceptors (Lipinski definition) is 5. The first-order chi connectivity index (χ1) is 7.60. The van der Waals surface area contributed by atoms with Crippen LogP contribution in [0.2, 0.25) is 0 Å². The summed E-state index contributed by atoms with van der Waals surface area (Å²) in [4.78, 5) is 21.3. The molecule has 0 aromatic carbocycles. The molecule has 0 aliphatic heterocycles. The Morgan fingerprint density at radius 3 is 2.88 bits per heavy atom. The predicted molar refractivity (Wildman–Crippen MR) is 60.2 cm³/mol. The van der Waals surface area contributed by atoms with E-state index < -0.39 is 0 Å². The molecular formula is C10H16N4O2. The van der Waals surface area contributed by atoms with Crippen LogP contribution >= 0.6 is 0 Å². The molecule has 0 saturated carbocycles. The van der Waals surface area contributed by atoms with Gasteiger partial charge in [0.1, 0.15) is 11.5 Å². The minimum atomic E-state index is -0.258. The number of aromatic nitrogens is 2. The summed E-state index contributed by atoms with van der Waals surface area (Å²) in [5.74, 6) is 0.280. The molecule has 6 nitrogen and oxygen atoms in total. The van der Waals surface area contributed by atoms with Gasteiger partial charge in [-0.15, -0.1) is 0 Å². The third kappa shape index (κ3) is 2.66. The van der Waals surface area contributed by atoms with Gasteiger partial charge in [0.2, 0.25) is 0 Å². The van der Waals surface area contributed by atoms with Crippen LogP contribution in [0.5, 0.6) is 0 Å². The lowest BCUT2D eigenvalue weighted by Crippen LogP contribution is -2.37. The number of rotatable bonds is 4. The quantitative estimate of drug-likeness (QED) is 0.751. The van der Waals surface area contributed by atoms with E-state index in [2.05, 4.69) is 15.3 Å². The largest absolute Gasteiger partial charge is 0.394 e. The van der Waals surface area contributed by atoms with Gasteiger partial charge < -0.3 is 15.3 Å². The van der Waals surface area contributed by atoms with Crippen molar-refractivity contribution in [3.63, 3.8) is 0 Å². The molecule has 1 unspecified atom stereocenters. The molecule has 0 radical (unpaired) electrons. The van der Waals surface area contributed by atoms with Crippen LogP contribution in [-0.4, -0.2) is 52.6 Å². The molecule has 0 spiro atoms. The van der Waals surface area contributed by atoms with Gasteiger partial charge in [-0.2, -0.15) is 0 Å². The zero-order chi connectivity index (χ0) is 12.1. The highest BCUT2D eigenvalue weighted by Gasteiger charge is 2.18. The second kappa shape index (κ2) is 5.41. The van der Waals surface area contributed by atoms with E-state index in [1.807, 2.05) is 0 Å². The molecule has 1 heterocycles. The van der Waals surface area contributed by atoms with Crippen LogP contribution in [0.4, 0.5) is 5.82 Å². The lowest BCUT2D eigenvalue weighted by molar-refractivity contribution is 0.0676. The van der Waals surface area contributed by atoms with Gasteiger partial charge in [0.15, 0.2) is 0 Å². The first kappa shape index (κ1) is 12.4. The highest BCUT2D eigenvalue weighted by molar-refractivity contribution is 5.92. The lowest BCUT2D eigenvalue weighted by atomic mass is 10.3. The van der Waals surface area contributed by atoms with Crippen molar-refractivity contribution in [2.45, 2.75) is 13.0 Å². The molecule has 1 amide bonds. The second-order valence-corrected chi connectivity index (χ2v) is 3.49. The van der Waals surface area contributed by atoms with Gasteiger partial charge in [0.05, 0.1) is 25.0 Å². The van der Waals surface area contributed by atoms with Gasteiger partial charge in [-0.3, -0.25) is 9.78 Å². The number of nitrogens with zero attached hydrogens (tertiary/aromatic N) is 3. The van der Waals surface area contributed by atoms with E-state index in [9.17, 15) is 4.79 Å². The monoisotopic (exact) mass is 224 g/mol. The van der Waals surface area contributed by atoms with E-state index in [1.54, 1.807) is 21.0 Å². The molecular weight excluding hydrogens is 208 g/mol. The second-order valence-electron chi connectivity index (χ2n) is 3.49. The summed E-state index contributed by atoms with van der Waals surface area (Å²) in [5.41, 5.74) is 0.259. The van der Waals surface area contributed by atoms with Crippen molar-refractivity contribution in [3.05, 3.63) is 18.1 Å². The normalized spacial score (nSPS) is 12.0. The average Bonchev–Trinajstić information content (AvgIpc) is 2.36. The maximum absolute atomic E-state index is 11.9. The van der Waals surface area contributed by atoms with Crippen LogP contribution in [-0.2, 0) is 0 Å². The van der Waals surface area contributed by atoms with E-state index in [4.69, 9.17) is 5.11 Å². The fourth-order valence-electron chi connectivity index (χ4n) is 1.09. The number of hydrogen-bond donors (Lipinski definition) is 2. The van der Waals surface area contributed by atoms with Crippen molar-refractivity contribution >= 4 is 11.7 Å². The SMILES string of the molecule is CNc1cncc(C(=O)N(C)C(C)CO)n1. The molecule has 1 atom stereocenters. The zero-order valence-electron chi connectivity index (χ0n) is 9.64. The maximum atomic E-state index is 11.9. The number of amides is 1. The van der Waals surface area contributed by atoms with Gasteiger partial charge in [-0.1, -0.05) is 0 Å². The van der Waals surface area contributed by atoms with Crippen molar-refractivity contribution in [3.8, 4) is 0 Å². The van der Waals surface area contributed by atoms with Gasteiger partial charge in [-0.05, 0) is 6.92 Å². The molecule has 0 bridgehead atoms. The molecule has 2 N–H and O–H groups in total. The topological polar surface area (TPSA) is 78.4 Å². The molecule has 88 valence electrons. The molecule has 16 heavy (non-hydrogen) atoms. The Kier molecular flexibility index (Phi) is 4.19. The third-order valence-corrected chi connectivity index (χ3v) is 2.36. The molecule has 6 heteroatoms. The minimum Gasteiger partial charge on any atom is -0.394 e. The van der Waals surface area contributed by atoms with Crippen LogP contribution in [0.25, 0.3) is 0 Å². The number of carbonyl (C=O) groups excluding carboxylic acids is 1. The van der Waals surface area contributed by atoms with Crippen molar-refractivity contribution in [2.24, 2.45) is 0 Å². The number of aliphatic hydroxyl groups excluding tert-OH is 1. The number of anilines is 1. The fourth-order valence-corrected chi connectivity index (χ4v) is 1.09. The Labute approximate surface area is 94.3 Å². The van der Waals surface area contributed by atoms with Crippen molar-refractivity contribution < 1.29 is 9.90 Å². The molecule has 0 fully saturated rings. The van der Waals surface area contributed by atoms with E-state index in [1.165, 1.54) is 17.3 Å². The van der Waals surface area contributed by atoms with Crippen LogP contribution in [0.1, 0.15) is 17.4 Å². The van der Waals surface area contributed by atoms with Gasteiger partial charge in [-0.25, -0.2) is 4.98 Å². The summed E-state index contributed by atoms with van der Waals surface area (Å²) in [7, 11) is 3.33. The summed E-state index contributed by atoms with van der Waals surface area (Å²) < 4.78 is 0. The predicted octanol–water partition coefficient (Wildman–Crippen LogP) is -0.0289. The highest BCUT2D eigenvalue weighted by atomic mass is 16.3. The van der Waals surface area contributed by atoms with E-state index >= 15 is 0 Å². The van der Waals surface area contributed by atoms with E-state index in [0.29, 0.717) is 5.82 Å². The van der Waals surface area contributed by atoms with E-state index in [0.717, 1.165) is 0 Å². The maximum Gasteiger partial charge on any atom is 0.274 e. The molecule has 1 aromatic heterocycles. The number of aliphatic hydroxyl groups is 1.